The zero-order valence-corrected chi connectivity index (χ0v) is 22.3. The number of carbonyl (C=O) groups excluding carboxylic acids is 2. The molecule has 0 radical (unpaired) electrons. The normalized spacial score (nSPS) is 17.5. The van der Waals surface area contributed by atoms with Gasteiger partial charge >= 0.3 is 0 Å². The Morgan fingerprint density at radius 1 is 1.22 bits per heavy atom. The molecule has 1 fully saturated rings. The lowest BCUT2D eigenvalue weighted by Gasteiger charge is -2.34. The number of aromatic nitrogens is 2. The average molecular weight is 562 g/mol. The van der Waals surface area contributed by atoms with Crippen LogP contribution in [0.15, 0.2) is 24.5 Å². The van der Waals surface area contributed by atoms with Crippen LogP contribution in [0.5, 0.6) is 0 Å². The molecule has 0 unspecified atom stereocenters. The van der Waals surface area contributed by atoms with Gasteiger partial charge < -0.3 is 10.6 Å². The smallest absolute Gasteiger partial charge is 0.242 e. The van der Waals surface area contributed by atoms with Crippen molar-refractivity contribution in [2.75, 3.05) is 18.1 Å². The molecular weight excluding hydrogens is 531 g/mol. The molecule has 0 saturated carbocycles. The van der Waals surface area contributed by atoms with Crippen molar-refractivity contribution in [3.63, 3.8) is 0 Å². The number of halogens is 3. The Morgan fingerprint density at radius 3 is 2.49 bits per heavy atom. The lowest BCUT2D eigenvalue weighted by Crippen LogP contribution is -2.57. The summed E-state index contributed by atoms with van der Waals surface area (Å²) in [6.07, 6.45) is 3.65. The van der Waals surface area contributed by atoms with E-state index in [1.165, 1.54) is 11.8 Å². The summed E-state index contributed by atoms with van der Waals surface area (Å²) in [7, 11) is -2.62. The van der Waals surface area contributed by atoms with Crippen molar-refractivity contribution in [2.24, 2.45) is 13.0 Å². The van der Waals surface area contributed by atoms with Gasteiger partial charge in [0.2, 0.25) is 21.8 Å². The van der Waals surface area contributed by atoms with E-state index in [1.807, 2.05) is 13.8 Å². The van der Waals surface area contributed by atoms with Gasteiger partial charge in [-0.1, -0.05) is 13.8 Å². The van der Waals surface area contributed by atoms with Crippen LogP contribution in [0, 0.1) is 23.4 Å². The molecule has 0 aliphatic carbocycles. The molecule has 37 heavy (non-hydrogen) atoms. The van der Waals surface area contributed by atoms with Gasteiger partial charge in [-0.05, 0) is 12.3 Å². The van der Waals surface area contributed by atoms with Crippen molar-refractivity contribution in [1.82, 2.24) is 24.7 Å². The van der Waals surface area contributed by atoms with Gasteiger partial charge in [0, 0.05) is 61.1 Å². The van der Waals surface area contributed by atoms with E-state index in [-0.39, 0.29) is 24.8 Å². The molecule has 3 rings (SSSR count). The van der Waals surface area contributed by atoms with Crippen LogP contribution in [0.4, 0.5) is 13.2 Å². The molecule has 1 aromatic carbocycles. The summed E-state index contributed by atoms with van der Waals surface area (Å²) in [4.78, 5) is 26.1. The first-order chi connectivity index (χ1) is 17.4. The number of rotatable bonds is 10. The minimum Gasteiger partial charge on any atom is -0.350 e. The number of sulfonamides is 1. The van der Waals surface area contributed by atoms with Gasteiger partial charge in [0.05, 0.1) is 11.9 Å². The van der Waals surface area contributed by atoms with E-state index in [0.717, 1.165) is 9.87 Å². The molecule has 2 aromatic rings. The maximum Gasteiger partial charge on any atom is 0.242 e. The van der Waals surface area contributed by atoms with Gasteiger partial charge in [-0.2, -0.15) is 21.2 Å². The third-order valence-electron chi connectivity index (χ3n) is 5.74. The first-order valence-corrected chi connectivity index (χ1v) is 14.4. The second-order valence-corrected chi connectivity index (χ2v) is 12.3. The summed E-state index contributed by atoms with van der Waals surface area (Å²) < 4.78 is 70.3. The number of nitrogens with zero attached hydrogens (tertiary/aromatic N) is 3. The maximum atomic E-state index is 14.1. The molecule has 14 heteroatoms. The molecule has 2 heterocycles. The Hall–Kier alpha value is -2.58. The number of benzene rings is 1. The van der Waals surface area contributed by atoms with Gasteiger partial charge in [-0.3, -0.25) is 14.3 Å². The molecular formula is C23H30F3N5O4S2. The molecule has 1 aliphatic heterocycles. The van der Waals surface area contributed by atoms with Gasteiger partial charge in [0.1, 0.15) is 29.5 Å². The van der Waals surface area contributed by atoms with Crippen LogP contribution in [0.25, 0.3) is 0 Å². The minimum absolute atomic E-state index is 0.0411. The quantitative estimate of drug-likeness (QED) is 0.459. The highest BCUT2D eigenvalue weighted by Gasteiger charge is 2.39. The van der Waals surface area contributed by atoms with E-state index in [4.69, 9.17) is 0 Å². The second kappa shape index (κ2) is 12.3. The molecule has 2 atom stereocenters. The van der Waals surface area contributed by atoms with Crippen LogP contribution >= 0.6 is 11.8 Å². The number of carbonyl (C=O) groups is 2. The molecule has 9 nitrogen and oxygen atoms in total. The highest BCUT2D eigenvalue weighted by Crippen LogP contribution is 2.25. The van der Waals surface area contributed by atoms with Crippen LogP contribution in [0.2, 0.25) is 0 Å². The number of hydrogen-bond donors (Lipinski definition) is 2. The lowest BCUT2D eigenvalue weighted by atomic mass is 10.0. The van der Waals surface area contributed by atoms with Crippen LogP contribution in [0.1, 0.15) is 31.4 Å². The number of aryl methyl sites for hydroxylation is 1. The minimum atomic E-state index is -4.36. The first kappa shape index (κ1) is 29.0. The predicted molar refractivity (Wildman–Crippen MR) is 133 cm³/mol. The Balaban J connectivity index is 1.75. The molecule has 2 N–H and O–H groups in total. The summed E-state index contributed by atoms with van der Waals surface area (Å²) in [5, 5.41) is 9.46. The summed E-state index contributed by atoms with van der Waals surface area (Å²) in [5.74, 6) is -5.48. The predicted octanol–water partition coefficient (Wildman–Crippen LogP) is 1.93. The van der Waals surface area contributed by atoms with E-state index in [9.17, 15) is 31.2 Å². The number of amides is 2. The standard InChI is InChI=1S/C23H30F3N5O4S2/c1-14(2)6-20(22(32)27-9-15-10-28-30(3)11-15)29-23(33)21-12-36-5-4-31(21)37(34,35)13-17-18(25)7-16(24)8-19(17)26/h7-8,10-11,14,20-21H,4-6,9,12-13H2,1-3H3,(H,27,32)(H,29,33)/t20-,21-/m0/s1. The summed E-state index contributed by atoms with van der Waals surface area (Å²) >= 11 is 1.35. The third kappa shape index (κ3) is 7.71. The fourth-order valence-electron chi connectivity index (χ4n) is 3.95. The van der Waals surface area contributed by atoms with Gasteiger partial charge in [-0.15, -0.1) is 0 Å². The Labute approximate surface area is 218 Å². The molecule has 1 aliphatic rings. The summed E-state index contributed by atoms with van der Waals surface area (Å²) in [6.45, 7) is 3.91. The monoisotopic (exact) mass is 561 g/mol. The Bertz CT molecular complexity index is 1220. The Kier molecular flexibility index (Phi) is 9.64. The zero-order valence-electron chi connectivity index (χ0n) is 20.7. The summed E-state index contributed by atoms with van der Waals surface area (Å²) in [6, 6.07) is -1.29. The molecule has 0 spiro atoms. The summed E-state index contributed by atoms with van der Waals surface area (Å²) in [5.41, 5.74) is -0.0297. The largest absolute Gasteiger partial charge is 0.350 e. The van der Waals surface area contributed by atoms with Gasteiger partial charge in [0.15, 0.2) is 0 Å². The highest BCUT2D eigenvalue weighted by molar-refractivity contribution is 7.99. The fraction of sp³-hybridized carbons (Fsp3) is 0.522. The second-order valence-electron chi connectivity index (χ2n) is 9.24. The van der Waals surface area contributed by atoms with Crippen LogP contribution in [-0.4, -0.2) is 64.5 Å². The third-order valence-corrected chi connectivity index (χ3v) is 8.56. The SMILES string of the molecule is CC(C)C[C@H](NC(=O)[C@@H]1CSCCN1S(=O)(=O)Cc1c(F)cc(F)cc1F)C(=O)NCc1cnn(C)c1. The van der Waals surface area contributed by atoms with E-state index < -0.39 is 62.7 Å². The van der Waals surface area contributed by atoms with E-state index in [0.29, 0.717) is 24.3 Å². The van der Waals surface area contributed by atoms with Crippen molar-refractivity contribution in [3.05, 3.63) is 53.1 Å². The number of nitrogens with one attached hydrogen (secondary N) is 2. The maximum absolute atomic E-state index is 14.1. The van der Waals surface area contributed by atoms with Gasteiger partial charge in [-0.25, -0.2) is 21.6 Å². The van der Waals surface area contributed by atoms with E-state index in [1.54, 1.807) is 24.1 Å². The van der Waals surface area contributed by atoms with Crippen molar-refractivity contribution in [3.8, 4) is 0 Å². The fourth-order valence-corrected chi connectivity index (χ4v) is 6.94. The van der Waals surface area contributed by atoms with Crippen molar-refractivity contribution in [1.29, 1.82) is 0 Å². The molecule has 2 amide bonds. The topological polar surface area (TPSA) is 113 Å². The number of thioether (sulfide) groups is 1. The molecule has 1 aromatic heterocycles. The van der Waals surface area contributed by atoms with Gasteiger partial charge in [0.25, 0.3) is 0 Å². The zero-order chi connectivity index (χ0) is 27.3. The average Bonchev–Trinajstić information content (AvgIpc) is 3.24. The number of hydrogen-bond acceptors (Lipinski definition) is 6. The molecule has 0 bridgehead atoms. The van der Waals surface area contributed by atoms with Crippen molar-refractivity contribution < 1.29 is 31.2 Å². The molecule has 1 saturated heterocycles. The Morgan fingerprint density at radius 2 is 1.89 bits per heavy atom. The van der Waals surface area contributed by atoms with Crippen LogP contribution in [-0.2, 0) is 39.0 Å². The van der Waals surface area contributed by atoms with Crippen molar-refractivity contribution >= 4 is 33.6 Å². The highest BCUT2D eigenvalue weighted by atomic mass is 32.2. The van der Waals surface area contributed by atoms with Crippen LogP contribution < -0.4 is 10.6 Å². The van der Waals surface area contributed by atoms with Crippen molar-refractivity contribution in [2.45, 2.75) is 44.6 Å². The van der Waals surface area contributed by atoms with Crippen LogP contribution in [0.3, 0.4) is 0 Å². The van der Waals surface area contributed by atoms with E-state index in [2.05, 4.69) is 15.7 Å². The lowest BCUT2D eigenvalue weighted by molar-refractivity contribution is -0.131. The van der Waals surface area contributed by atoms with E-state index >= 15 is 0 Å². The molecule has 204 valence electrons. The first-order valence-electron chi connectivity index (χ1n) is 11.6.